The number of nitrogens with two attached hydrogens (primary N) is 1. The molecule has 2 amide bonds. The molecule has 0 bridgehead atoms. The van der Waals surface area contributed by atoms with Gasteiger partial charge < -0.3 is 35.2 Å². The van der Waals surface area contributed by atoms with Crippen LogP contribution in [0.4, 0.5) is 4.39 Å². The number of benzene rings is 1. The van der Waals surface area contributed by atoms with Crippen molar-refractivity contribution in [3.8, 4) is 0 Å². The second-order valence-electron chi connectivity index (χ2n) is 10.4. The molecule has 11 heteroatoms. The number of carbonyl (C=O) groups is 2. The van der Waals surface area contributed by atoms with Crippen molar-refractivity contribution in [2.75, 3.05) is 58.0 Å². The van der Waals surface area contributed by atoms with Crippen LogP contribution in [0.3, 0.4) is 0 Å². The molecular weight excluding hydrogens is 525 g/mol. The van der Waals surface area contributed by atoms with Gasteiger partial charge in [0.15, 0.2) is 0 Å². The molecule has 4 atom stereocenters. The topological polar surface area (TPSA) is 126 Å². The third-order valence-electron chi connectivity index (χ3n) is 6.75. The number of aliphatic hydroxyl groups excluding tert-OH is 2. The Morgan fingerprint density at radius 2 is 1.87 bits per heavy atom. The van der Waals surface area contributed by atoms with Crippen molar-refractivity contribution in [2.24, 2.45) is 11.7 Å². The number of thioether (sulfide) groups is 1. The van der Waals surface area contributed by atoms with Gasteiger partial charge in [-0.3, -0.25) is 9.59 Å². The summed E-state index contributed by atoms with van der Waals surface area (Å²) in [6.45, 7) is 5.24. The highest BCUT2D eigenvalue weighted by molar-refractivity contribution is 7.98. The molecule has 1 aliphatic heterocycles. The second-order valence-corrected chi connectivity index (χ2v) is 11.4. The molecule has 0 saturated carbocycles. The van der Waals surface area contributed by atoms with Gasteiger partial charge in [-0.15, -0.1) is 0 Å². The molecule has 1 saturated heterocycles. The molecule has 1 heterocycles. The molecule has 4 N–H and O–H groups in total. The van der Waals surface area contributed by atoms with Crippen LogP contribution in [0.15, 0.2) is 24.3 Å². The minimum Gasteiger partial charge on any atom is -0.388 e. The van der Waals surface area contributed by atoms with Gasteiger partial charge in [-0.25, -0.2) is 4.39 Å². The average molecular weight is 572 g/mol. The van der Waals surface area contributed by atoms with Gasteiger partial charge in [-0.2, -0.15) is 11.8 Å². The van der Waals surface area contributed by atoms with Crippen LogP contribution in [-0.2, 0) is 14.3 Å². The highest BCUT2D eigenvalue weighted by atomic mass is 32.2. The summed E-state index contributed by atoms with van der Waals surface area (Å²) in [4.78, 5) is 29.8. The average Bonchev–Trinajstić information content (AvgIpc) is 2.91. The molecule has 1 aromatic rings. The molecule has 2 rings (SSSR count). The first-order valence-electron chi connectivity index (χ1n) is 13.8. The molecule has 1 fully saturated rings. The number of halogens is 1. The zero-order valence-electron chi connectivity index (χ0n) is 23.5. The first kappa shape index (κ1) is 33.4. The van der Waals surface area contributed by atoms with E-state index in [1.807, 2.05) is 20.1 Å². The van der Waals surface area contributed by atoms with E-state index in [9.17, 15) is 24.2 Å². The number of ether oxygens (including phenoxy) is 2. The van der Waals surface area contributed by atoms with Crippen molar-refractivity contribution in [1.82, 2.24) is 9.80 Å². The third kappa shape index (κ3) is 11.3. The van der Waals surface area contributed by atoms with Crippen LogP contribution in [0.1, 0.15) is 49.9 Å². The van der Waals surface area contributed by atoms with Gasteiger partial charge in [-0.1, -0.05) is 26.0 Å². The number of rotatable bonds is 9. The molecule has 39 heavy (non-hydrogen) atoms. The van der Waals surface area contributed by atoms with Crippen LogP contribution >= 0.6 is 11.8 Å². The highest BCUT2D eigenvalue weighted by Gasteiger charge is 2.32. The van der Waals surface area contributed by atoms with E-state index in [1.54, 1.807) is 22.7 Å². The lowest BCUT2D eigenvalue weighted by Gasteiger charge is -2.34. The van der Waals surface area contributed by atoms with Crippen molar-refractivity contribution in [2.45, 2.75) is 63.9 Å². The fourth-order valence-electron chi connectivity index (χ4n) is 4.25. The molecule has 0 aromatic heterocycles. The quantitative estimate of drug-likeness (QED) is 0.412. The van der Waals surface area contributed by atoms with Gasteiger partial charge in [0.1, 0.15) is 24.1 Å². The number of carbonyl (C=O) groups excluding carboxylic acids is 2. The molecular formula is C28H46FN3O6S. The number of hydrogen-bond donors (Lipinski definition) is 3. The van der Waals surface area contributed by atoms with Gasteiger partial charge in [0.05, 0.1) is 18.2 Å². The Balaban J connectivity index is 2.36. The number of hydrogen-bond acceptors (Lipinski definition) is 8. The van der Waals surface area contributed by atoms with Gasteiger partial charge in [0.25, 0.3) is 5.91 Å². The van der Waals surface area contributed by atoms with E-state index in [1.165, 1.54) is 23.1 Å². The molecule has 0 spiro atoms. The summed E-state index contributed by atoms with van der Waals surface area (Å²) in [7, 11) is 0. The Kier molecular flexibility index (Phi) is 15.3. The Morgan fingerprint density at radius 1 is 1.15 bits per heavy atom. The summed E-state index contributed by atoms with van der Waals surface area (Å²) in [6, 6.07) is 5.03. The lowest BCUT2D eigenvalue weighted by molar-refractivity contribution is -0.133. The molecule has 0 aliphatic carbocycles. The molecule has 1 aliphatic rings. The largest absolute Gasteiger partial charge is 0.388 e. The van der Waals surface area contributed by atoms with Crippen molar-refractivity contribution in [3.05, 3.63) is 35.6 Å². The predicted molar refractivity (Wildman–Crippen MR) is 151 cm³/mol. The Labute approximate surface area is 236 Å². The van der Waals surface area contributed by atoms with Gasteiger partial charge >= 0.3 is 0 Å². The van der Waals surface area contributed by atoms with Crippen molar-refractivity contribution >= 4 is 23.6 Å². The number of nitrogens with zero attached hydrogens (tertiary/aromatic N) is 2. The van der Waals surface area contributed by atoms with Crippen LogP contribution in [0.2, 0.25) is 0 Å². The summed E-state index contributed by atoms with van der Waals surface area (Å²) in [6.07, 6.45) is 0.968. The van der Waals surface area contributed by atoms with E-state index in [2.05, 4.69) is 0 Å². The number of amides is 2. The zero-order valence-corrected chi connectivity index (χ0v) is 24.3. The highest BCUT2D eigenvalue weighted by Crippen LogP contribution is 2.16. The normalized spacial score (nSPS) is 22.9. The minimum atomic E-state index is -1.34. The monoisotopic (exact) mass is 571 g/mol. The van der Waals surface area contributed by atoms with Crippen molar-refractivity contribution < 1.29 is 33.7 Å². The maximum absolute atomic E-state index is 14.6. The smallest absolute Gasteiger partial charge is 0.256 e. The lowest BCUT2D eigenvalue weighted by atomic mass is 10.1. The van der Waals surface area contributed by atoms with E-state index in [0.717, 1.165) is 5.75 Å². The van der Waals surface area contributed by atoms with Crippen molar-refractivity contribution in [3.63, 3.8) is 0 Å². The van der Waals surface area contributed by atoms with Crippen LogP contribution in [0.5, 0.6) is 0 Å². The van der Waals surface area contributed by atoms with Gasteiger partial charge in [-0.05, 0) is 55.7 Å². The van der Waals surface area contributed by atoms with E-state index in [4.69, 9.17) is 15.2 Å². The maximum atomic E-state index is 14.6. The van der Waals surface area contributed by atoms with Crippen molar-refractivity contribution in [1.29, 1.82) is 0 Å². The predicted octanol–water partition coefficient (Wildman–Crippen LogP) is 2.14. The van der Waals surface area contributed by atoms with E-state index in [-0.39, 0.29) is 37.7 Å². The van der Waals surface area contributed by atoms with Crippen LogP contribution in [0.25, 0.3) is 0 Å². The summed E-state index contributed by atoms with van der Waals surface area (Å²) in [5.41, 5.74) is 6.08. The Hall–Kier alpha value is -1.76. The fourth-order valence-corrected chi connectivity index (χ4v) is 4.74. The SMILES string of the molecule is CSCC[C@H](N)C(=O)N1CCCCOC[C@@H](O)[C@@H](O)[C@H](OCCC(C)C)CN(C(=O)c2ccccc2F)CC1. The maximum Gasteiger partial charge on any atom is 0.256 e. The van der Waals surface area contributed by atoms with E-state index < -0.39 is 36.1 Å². The molecule has 9 nitrogen and oxygen atoms in total. The molecule has 0 unspecified atom stereocenters. The minimum absolute atomic E-state index is 0.0809. The van der Waals surface area contributed by atoms with Crippen LogP contribution in [-0.4, -0.2) is 114 Å². The second kappa shape index (κ2) is 17.8. The van der Waals surface area contributed by atoms with Crippen LogP contribution < -0.4 is 5.73 Å². The van der Waals surface area contributed by atoms with E-state index >= 15 is 0 Å². The van der Waals surface area contributed by atoms with E-state index in [0.29, 0.717) is 51.4 Å². The number of aliphatic hydroxyl groups is 2. The summed E-state index contributed by atoms with van der Waals surface area (Å²) < 4.78 is 26.2. The first-order valence-corrected chi connectivity index (χ1v) is 15.2. The first-order chi connectivity index (χ1) is 18.6. The van der Waals surface area contributed by atoms with Gasteiger partial charge in [0.2, 0.25) is 5.91 Å². The standard InChI is InChI=1S/C28H46FN3O6S/c1-20(2)10-16-38-25-18-32(27(35)21-8-4-5-9-22(21)29)14-13-31(28(36)23(30)11-17-39-3)12-6-7-15-37-19-24(33)26(25)34/h4-5,8-9,20,23-26,33-34H,6-7,10-19,30H2,1-3H3/t23-,24+,25+,26+/m0/s1. The van der Waals surface area contributed by atoms with Gasteiger partial charge in [0, 0.05) is 39.4 Å². The summed E-state index contributed by atoms with van der Waals surface area (Å²) >= 11 is 1.62. The third-order valence-corrected chi connectivity index (χ3v) is 7.40. The summed E-state index contributed by atoms with van der Waals surface area (Å²) in [5.74, 6) is -0.354. The molecule has 222 valence electrons. The molecule has 0 radical (unpaired) electrons. The van der Waals surface area contributed by atoms with Crippen LogP contribution in [0, 0.1) is 11.7 Å². The lowest BCUT2D eigenvalue weighted by Crippen LogP contribution is -2.52. The molecule has 1 aromatic carbocycles. The Bertz CT molecular complexity index is 879. The fraction of sp³-hybridized carbons (Fsp3) is 0.714. The summed E-state index contributed by atoms with van der Waals surface area (Å²) in [5, 5.41) is 21.6. The zero-order chi connectivity index (χ0) is 28.8. The Morgan fingerprint density at radius 3 is 2.56 bits per heavy atom.